The summed E-state index contributed by atoms with van der Waals surface area (Å²) in [7, 11) is 0. The summed E-state index contributed by atoms with van der Waals surface area (Å²) in [6, 6.07) is 2.00. The average molecular weight is 168 g/mol. The van der Waals surface area contributed by atoms with E-state index in [1.165, 1.54) is 0 Å². The van der Waals surface area contributed by atoms with E-state index in [1.807, 2.05) is 13.0 Å². The van der Waals surface area contributed by atoms with Crippen LogP contribution in [0.5, 0.6) is 0 Å². The van der Waals surface area contributed by atoms with Crippen molar-refractivity contribution in [3.05, 3.63) is 0 Å². The first kappa shape index (κ1) is 9.01. The molecule has 0 bridgehead atoms. The molecule has 0 aromatic carbocycles. The van der Waals surface area contributed by atoms with Crippen LogP contribution in [0.25, 0.3) is 0 Å². The molecule has 1 unspecified atom stereocenters. The van der Waals surface area contributed by atoms with Crippen LogP contribution in [0.2, 0.25) is 0 Å². The Labute approximate surface area is 71.7 Å². The zero-order chi connectivity index (χ0) is 8.97. The second-order valence-electron chi connectivity index (χ2n) is 2.77. The van der Waals surface area contributed by atoms with Crippen LogP contribution >= 0.6 is 0 Å². The molecule has 0 aromatic rings. The number of carbonyl (C=O) groups is 1. The molecule has 0 radical (unpaired) electrons. The maximum Gasteiger partial charge on any atom is 0.248 e. The van der Waals surface area contributed by atoms with Gasteiger partial charge in [-0.15, -0.1) is 0 Å². The summed E-state index contributed by atoms with van der Waals surface area (Å²) in [5.41, 5.74) is 0. The van der Waals surface area contributed by atoms with Crippen molar-refractivity contribution in [1.82, 2.24) is 4.90 Å². The summed E-state index contributed by atoms with van der Waals surface area (Å²) in [5, 5.41) is 8.55. The highest BCUT2D eigenvalue weighted by molar-refractivity contribution is 5.78. The van der Waals surface area contributed by atoms with E-state index in [-0.39, 0.29) is 12.5 Å². The summed E-state index contributed by atoms with van der Waals surface area (Å²) in [6.45, 7) is 3.20. The van der Waals surface area contributed by atoms with Gasteiger partial charge in [-0.3, -0.25) is 4.79 Å². The molecule has 1 rings (SSSR count). The fourth-order valence-electron chi connectivity index (χ4n) is 1.18. The van der Waals surface area contributed by atoms with Crippen molar-refractivity contribution in [2.24, 2.45) is 0 Å². The van der Waals surface area contributed by atoms with Crippen LogP contribution in [0.4, 0.5) is 0 Å². The Bertz CT molecular complexity index is 210. The van der Waals surface area contributed by atoms with Crippen LogP contribution in [0.3, 0.4) is 0 Å². The van der Waals surface area contributed by atoms with Crippen LogP contribution in [0.15, 0.2) is 0 Å². The molecular weight excluding hydrogens is 156 g/mol. The molecule has 0 saturated carbocycles. The summed E-state index contributed by atoms with van der Waals surface area (Å²) in [6.07, 6.45) is 0.485. The van der Waals surface area contributed by atoms with Crippen LogP contribution in [0, 0.1) is 11.3 Å². The van der Waals surface area contributed by atoms with Gasteiger partial charge in [-0.05, 0) is 6.42 Å². The topological polar surface area (TPSA) is 53.3 Å². The molecule has 1 heterocycles. The lowest BCUT2D eigenvalue weighted by Crippen LogP contribution is -2.46. The zero-order valence-corrected chi connectivity index (χ0v) is 7.12. The highest BCUT2D eigenvalue weighted by Crippen LogP contribution is 2.05. The molecule has 1 fully saturated rings. The minimum absolute atomic E-state index is 0.0108. The van der Waals surface area contributed by atoms with E-state index in [1.54, 1.807) is 4.90 Å². The number of ether oxygens (including phenoxy) is 1. The van der Waals surface area contributed by atoms with Gasteiger partial charge in [0.25, 0.3) is 0 Å². The number of morpholine rings is 1. The van der Waals surface area contributed by atoms with Gasteiger partial charge in [0.1, 0.15) is 6.61 Å². The lowest BCUT2D eigenvalue weighted by molar-refractivity contribution is -0.145. The van der Waals surface area contributed by atoms with Gasteiger partial charge in [0.2, 0.25) is 5.91 Å². The largest absolute Gasteiger partial charge is 0.352 e. The fourth-order valence-corrected chi connectivity index (χ4v) is 1.18. The molecule has 1 aliphatic rings. The molecule has 0 spiro atoms. The smallest absolute Gasteiger partial charge is 0.248 e. The molecule has 4 nitrogen and oxygen atoms in total. The van der Waals surface area contributed by atoms with Crippen molar-refractivity contribution in [3.63, 3.8) is 0 Å². The van der Waals surface area contributed by atoms with E-state index >= 15 is 0 Å². The lowest BCUT2D eigenvalue weighted by Gasteiger charge is -2.29. The van der Waals surface area contributed by atoms with Crippen LogP contribution in [0.1, 0.15) is 13.3 Å². The number of hydrogen-bond acceptors (Lipinski definition) is 3. The first-order valence-electron chi connectivity index (χ1n) is 4.07. The molecule has 0 N–H and O–H groups in total. The Balaban J connectivity index is 2.48. The van der Waals surface area contributed by atoms with Gasteiger partial charge in [0.05, 0.1) is 12.6 Å². The minimum atomic E-state index is -0.436. The highest BCUT2D eigenvalue weighted by atomic mass is 16.5. The van der Waals surface area contributed by atoms with Gasteiger partial charge < -0.3 is 9.64 Å². The molecule has 0 aromatic heterocycles. The average Bonchev–Trinajstić information content (AvgIpc) is 2.09. The summed E-state index contributed by atoms with van der Waals surface area (Å²) in [4.78, 5) is 12.8. The van der Waals surface area contributed by atoms with E-state index in [0.717, 1.165) is 13.0 Å². The first-order chi connectivity index (χ1) is 5.77. The zero-order valence-electron chi connectivity index (χ0n) is 7.12. The Morgan fingerprint density at radius 3 is 3.17 bits per heavy atom. The summed E-state index contributed by atoms with van der Waals surface area (Å²) in [5.74, 6) is -0.0108. The standard InChI is InChI=1S/C8H12N2O2/c1-2-3-10-5-7(4-9)12-6-8(10)11/h7H,2-3,5-6H2,1H3. The minimum Gasteiger partial charge on any atom is -0.352 e. The van der Waals surface area contributed by atoms with Crippen molar-refractivity contribution in [2.45, 2.75) is 19.4 Å². The first-order valence-corrected chi connectivity index (χ1v) is 4.07. The van der Waals surface area contributed by atoms with Gasteiger partial charge in [-0.2, -0.15) is 5.26 Å². The monoisotopic (exact) mass is 168 g/mol. The Morgan fingerprint density at radius 2 is 2.58 bits per heavy atom. The van der Waals surface area contributed by atoms with Crippen molar-refractivity contribution in [2.75, 3.05) is 19.7 Å². The second-order valence-corrected chi connectivity index (χ2v) is 2.77. The summed E-state index contributed by atoms with van der Waals surface area (Å²) < 4.78 is 4.96. The Morgan fingerprint density at radius 1 is 1.83 bits per heavy atom. The van der Waals surface area contributed by atoms with Gasteiger partial charge in [-0.1, -0.05) is 6.92 Å². The lowest BCUT2D eigenvalue weighted by atomic mass is 10.3. The van der Waals surface area contributed by atoms with Crippen molar-refractivity contribution in [3.8, 4) is 6.07 Å². The molecule has 4 heteroatoms. The third kappa shape index (κ3) is 1.95. The van der Waals surface area contributed by atoms with E-state index in [9.17, 15) is 4.79 Å². The molecular formula is C8H12N2O2. The van der Waals surface area contributed by atoms with E-state index in [4.69, 9.17) is 10.00 Å². The number of nitriles is 1. The van der Waals surface area contributed by atoms with Crippen LogP contribution in [-0.4, -0.2) is 36.6 Å². The Kier molecular flexibility index (Phi) is 3.06. The second kappa shape index (κ2) is 4.07. The highest BCUT2D eigenvalue weighted by Gasteiger charge is 2.24. The van der Waals surface area contributed by atoms with Gasteiger partial charge in [0.15, 0.2) is 6.10 Å². The molecule has 66 valence electrons. The van der Waals surface area contributed by atoms with Gasteiger partial charge >= 0.3 is 0 Å². The number of carbonyl (C=O) groups excluding carboxylic acids is 1. The van der Waals surface area contributed by atoms with Gasteiger partial charge in [-0.25, -0.2) is 0 Å². The molecule has 12 heavy (non-hydrogen) atoms. The number of rotatable bonds is 2. The number of hydrogen-bond donors (Lipinski definition) is 0. The van der Waals surface area contributed by atoms with Crippen molar-refractivity contribution < 1.29 is 9.53 Å². The number of nitrogens with zero attached hydrogens (tertiary/aromatic N) is 2. The molecule has 1 aliphatic heterocycles. The molecule has 1 saturated heterocycles. The normalized spacial score (nSPS) is 23.8. The predicted octanol–water partition coefficient (Wildman–Crippen LogP) is 0.147. The SMILES string of the molecule is CCCN1CC(C#N)OCC1=O. The molecule has 0 aliphatic carbocycles. The third-order valence-electron chi connectivity index (χ3n) is 1.78. The maximum atomic E-state index is 11.1. The van der Waals surface area contributed by atoms with E-state index in [2.05, 4.69) is 0 Å². The van der Waals surface area contributed by atoms with E-state index < -0.39 is 6.10 Å². The maximum absolute atomic E-state index is 11.1. The van der Waals surface area contributed by atoms with E-state index in [0.29, 0.717) is 6.54 Å². The number of amides is 1. The third-order valence-corrected chi connectivity index (χ3v) is 1.78. The Hall–Kier alpha value is -1.08. The predicted molar refractivity (Wildman–Crippen MR) is 42.2 cm³/mol. The quantitative estimate of drug-likeness (QED) is 0.589. The van der Waals surface area contributed by atoms with Crippen LogP contribution in [-0.2, 0) is 9.53 Å². The van der Waals surface area contributed by atoms with Crippen molar-refractivity contribution in [1.29, 1.82) is 5.26 Å². The molecule has 1 amide bonds. The van der Waals surface area contributed by atoms with Gasteiger partial charge in [0, 0.05) is 6.54 Å². The summed E-state index contributed by atoms with van der Waals surface area (Å²) >= 11 is 0. The van der Waals surface area contributed by atoms with Crippen LogP contribution < -0.4 is 0 Å². The van der Waals surface area contributed by atoms with Crippen molar-refractivity contribution >= 4 is 5.91 Å². The molecule has 1 atom stereocenters. The fraction of sp³-hybridized carbons (Fsp3) is 0.750.